The predicted molar refractivity (Wildman–Crippen MR) is 196 cm³/mol. The molecule has 0 radical (unpaired) electrons. The maximum absolute atomic E-state index is 14.3. The molecule has 2 unspecified atom stereocenters. The Kier molecular flexibility index (Phi) is 14.1. The van der Waals surface area contributed by atoms with E-state index in [1.807, 2.05) is 82.3 Å². The lowest BCUT2D eigenvalue weighted by molar-refractivity contribution is -0.128. The molecule has 3 amide bonds. The molecule has 4 rings (SSSR count). The van der Waals surface area contributed by atoms with E-state index in [9.17, 15) is 28.2 Å². The van der Waals surface area contributed by atoms with Crippen molar-refractivity contribution < 1.29 is 33.4 Å². The second kappa shape index (κ2) is 18.3. The molecule has 0 bridgehead atoms. The molecule has 13 heteroatoms. The van der Waals surface area contributed by atoms with Gasteiger partial charge in [-0.3, -0.25) is 4.79 Å². The van der Waals surface area contributed by atoms with Crippen molar-refractivity contribution in [2.45, 2.75) is 76.8 Å². The molecular weight excluding hydrogens is 671 g/mol. The molecule has 1 fully saturated rings. The first kappa shape index (κ1) is 39.5. The number of oxime groups is 1. The highest BCUT2D eigenvalue weighted by molar-refractivity contribution is 7.89. The van der Waals surface area contributed by atoms with Crippen LogP contribution in [0.25, 0.3) is 0 Å². The Labute approximate surface area is 301 Å². The molecular formula is C38H51N5O7S. The number of aliphatic hydroxyl groups excluding tert-OH is 2. The average molecular weight is 722 g/mol. The zero-order valence-electron chi connectivity index (χ0n) is 29.8. The van der Waals surface area contributed by atoms with E-state index in [-0.39, 0.29) is 48.9 Å². The van der Waals surface area contributed by atoms with Crippen molar-refractivity contribution in [2.75, 3.05) is 26.2 Å². The molecule has 0 saturated carbocycles. The summed E-state index contributed by atoms with van der Waals surface area (Å²) in [5.41, 5.74) is 2.99. The minimum absolute atomic E-state index is 0.0195. The highest BCUT2D eigenvalue weighted by atomic mass is 32.2. The first-order chi connectivity index (χ1) is 24.4. The molecule has 4 atom stereocenters. The molecule has 1 aliphatic heterocycles. The molecule has 51 heavy (non-hydrogen) atoms. The number of benzene rings is 3. The van der Waals surface area contributed by atoms with Gasteiger partial charge in [0.25, 0.3) is 0 Å². The molecule has 276 valence electrons. The lowest BCUT2D eigenvalue weighted by Gasteiger charge is -2.35. The average Bonchev–Trinajstić information content (AvgIpc) is 3.46. The smallest absolute Gasteiger partial charge is 0.321 e. The van der Waals surface area contributed by atoms with E-state index in [0.29, 0.717) is 31.6 Å². The summed E-state index contributed by atoms with van der Waals surface area (Å²) in [6.45, 7) is 8.49. The lowest BCUT2D eigenvalue weighted by Crippen LogP contribution is -2.57. The van der Waals surface area contributed by atoms with Crippen molar-refractivity contribution in [1.29, 1.82) is 0 Å². The fourth-order valence-corrected chi connectivity index (χ4v) is 7.98. The van der Waals surface area contributed by atoms with Crippen molar-refractivity contribution in [3.63, 3.8) is 0 Å². The molecule has 1 heterocycles. The predicted octanol–water partition coefficient (Wildman–Crippen LogP) is 4.07. The number of hydrogen-bond donors (Lipinski definition) is 4. The molecule has 0 aromatic heterocycles. The van der Waals surface area contributed by atoms with Crippen LogP contribution in [-0.4, -0.2) is 100 Å². The van der Waals surface area contributed by atoms with Crippen LogP contribution >= 0.6 is 0 Å². The van der Waals surface area contributed by atoms with Gasteiger partial charge in [0.05, 0.1) is 29.9 Å². The maximum atomic E-state index is 14.3. The van der Waals surface area contributed by atoms with Gasteiger partial charge in [-0.1, -0.05) is 106 Å². The Bertz CT molecular complexity index is 1720. The number of sulfonamides is 1. The normalized spacial score (nSPS) is 16.2. The van der Waals surface area contributed by atoms with Gasteiger partial charge in [0, 0.05) is 32.7 Å². The number of aliphatic hydroxyl groups is 2. The Hall–Kier alpha value is -4.30. The van der Waals surface area contributed by atoms with Gasteiger partial charge in [-0.15, -0.1) is 0 Å². The van der Waals surface area contributed by atoms with Crippen LogP contribution in [0.1, 0.15) is 56.4 Å². The van der Waals surface area contributed by atoms with Crippen LogP contribution in [0.15, 0.2) is 88.9 Å². The molecule has 0 spiro atoms. The van der Waals surface area contributed by atoms with Crippen molar-refractivity contribution in [2.24, 2.45) is 17.0 Å². The Morgan fingerprint density at radius 3 is 2.25 bits per heavy atom. The fourth-order valence-electron chi connectivity index (χ4n) is 6.36. The summed E-state index contributed by atoms with van der Waals surface area (Å²) < 4.78 is 29.0. The second-order valence-electron chi connectivity index (χ2n) is 13.6. The zero-order valence-corrected chi connectivity index (χ0v) is 30.6. The quantitative estimate of drug-likeness (QED) is 0.0874. The van der Waals surface area contributed by atoms with Crippen LogP contribution in [0, 0.1) is 11.8 Å². The Morgan fingerprint density at radius 2 is 1.63 bits per heavy atom. The van der Waals surface area contributed by atoms with Gasteiger partial charge in [0.1, 0.15) is 6.04 Å². The molecule has 3 aromatic carbocycles. The van der Waals surface area contributed by atoms with Crippen LogP contribution in [0.5, 0.6) is 0 Å². The number of amides is 3. The first-order valence-corrected chi connectivity index (χ1v) is 18.9. The maximum Gasteiger partial charge on any atom is 0.321 e. The molecule has 4 N–H and O–H groups in total. The third kappa shape index (κ3) is 10.4. The minimum atomic E-state index is -4.07. The fraction of sp³-hybridized carbons (Fsp3) is 0.447. The van der Waals surface area contributed by atoms with Crippen LogP contribution in [0.2, 0.25) is 0 Å². The molecule has 0 aliphatic carbocycles. The number of rotatable bonds is 18. The van der Waals surface area contributed by atoms with E-state index >= 15 is 0 Å². The summed E-state index contributed by atoms with van der Waals surface area (Å²) >= 11 is 0. The van der Waals surface area contributed by atoms with Crippen molar-refractivity contribution in [3.05, 3.63) is 101 Å². The van der Waals surface area contributed by atoms with Gasteiger partial charge < -0.3 is 30.5 Å². The first-order valence-electron chi connectivity index (χ1n) is 17.4. The Balaban J connectivity index is 1.59. The third-order valence-electron chi connectivity index (χ3n) is 9.24. The van der Waals surface area contributed by atoms with E-state index in [1.54, 1.807) is 9.80 Å². The van der Waals surface area contributed by atoms with E-state index in [2.05, 4.69) is 10.5 Å². The van der Waals surface area contributed by atoms with Gasteiger partial charge in [-0.2, -0.15) is 4.31 Å². The summed E-state index contributed by atoms with van der Waals surface area (Å²) in [5, 5.41) is 36.2. The van der Waals surface area contributed by atoms with Crippen molar-refractivity contribution in [3.8, 4) is 0 Å². The highest BCUT2D eigenvalue weighted by Gasteiger charge is 2.41. The number of nitrogens with one attached hydrogen (secondary N) is 1. The van der Waals surface area contributed by atoms with Crippen molar-refractivity contribution >= 4 is 28.2 Å². The van der Waals surface area contributed by atoms with Gasteiger partial charge >= 0.3 is 6.03 Å². The van der Waals surface area contributed by atoms with Gasteiger partial charge in [-0.05, 0) is 52.6 Å². The van der Waals surface area contributed by atoms with Gasteiger partial charge in [-0.25, -0.2) is 13.2 Å². The summed E-state index contributed by atoms with van der Waals surface area (Å²) in [7, 11) is -4.07. The standard InChI is InChI=1S/C38H51N5O7S/c1-5-28(4)36(43-19-18-41(38(43)47)24-31-12-9-13-32(20-31)26-44)37(46)40-34(21-29-10-7-6-8-11-29)35(45)25-42(23-27(2)3)51(49,50)33-16-14-30(15-17-33)22-39-48/h6-17,20,22,27-28,34-36,44-45,48H,5,18-19,21,23-26H2,1-4H3,(H,40,46)/b39-22+/t28?,34-,35+,36?/m0/s1. The number of carbonyl (C=O) groups is 2. The van der Waals surface area contributed by atoms with Crippen LogP contribution in [0.4, 0.5) is 4.79 Å². The van der Waals surface area contributed by atoms with E-state index in [1.165, 1.54) is 34.8 Å². The second-order valence-corrected chi connectivity index (χ2v) is 15.5. The monoisotopic (exact) mass is 721 g/mol. The number of nitrogens with zero attached hydrogens (tertiary/aromatic N) is 4. The highest BCUT2D eigenvalue weighted by Crippen LogP contribution is 2.24. The molecule has 3 aromatic rings. The summed E-state index contributed by atoms with van der Waals surface area (Å²) in [5.74, 6) is -0.695. The van der Waals surface area contributed by atoms with Crippen LogP contribution in [-0.2, 0) is 34.4 Å². The number of carbonyl (C=O) groups excluding carboxylic acids is 2. The summed E-state index contributed by atoms with van der Waals surface area (Å²) in [4.78, 5) is 31.3. The Morgan fingerprint density at radius 1 is 0.961 bits per heavy atom. The van der Waals surface area contributed by atoms with Gasteiger partial charge in [0.15, 0.2) is 0 Å². The lowest BCUT2D eigenvalue weighted by atomic mass is 9.95. The topological polar surface area (TPSA) is 163 Å². The van der Waals surface area contributed by atoms with E-state index in [4.69, 9.17) is 5.21 Å². The molecule has 12 nitrogen and oxygen atoms in total. The largest absolute Gasteiger partial charge is 0.411 e. The summed E-state index contributed by atoms with van der Waals surface area (Å²) in [6.07, 6.45) is 0.744. The minimum Gasteiger partial charge on any atom is -0.411 e. The van der Waals surface area contributed by atoms with E-state index < -0.39 is 34.1 Å². The molecule has 1 saturated heterocycles. The van der Waals surface area contributed by atoms with Crippen molar-refractivity contribution in [1.82, 2.24) is 19.4 Å². The van der Waals surface area contributed by atoms with Crippen LogP contribution in [0.3, 0.4) is 0 Å². The van der Waals surface area contributed by atoms with E-state index in [0.717, 1.165) is 16.7 Å². The molecule has 1 aliphatic rings. The summed E-state index contributed by atoms with van der Waals surface area (Å²) in [6, 6.07) is 20.7. The zero-order chi connectivity index (χ0) is 37.1. The number of hydrogen-bond acceptors (Lipinski definition) is 8. The third-order valence-corrected chi connectivity index (χ3v) is 11.1. The number of urea groups is 1. The SMILES string of the molecule is CCC(C)C(C(=O)N[C@@H](Cc1ccccc1)[C@H](O)CN(CC(C)C)S(=O)(=O)c1ccc(/C=N/O)cc1)N1CCN(Cc2cccc(CO)c2)C1=O. The van der Waals surface area contributed by atoms with Crippen LogP contribution < -0.4 is 5.32 Å². The van der Waals surface area contributed by atoms with Gasteiger partial charge in [0.2, 0.25) is 15.9 Å².